The van der Waals surface area contributed by atoms with E-state index in [2.05, 4.69) is 62.3 Å². The van der Waals surface area contributed by atoms with E-state index in [0.29, 0.717) is 15.5 Å². The van der Waals surface area contributed by atoms with Crippen LogP contribution in [0.3, 0.4) is 0 Å². The molecule has 1 nitrogen and oxygen atoms in total. The van der Waals surface area contributed by atoms with Crippen molar-refractivity contribution in [3.63, 3.8) is 0 Å². The van der Waals surface area contributed by atoms with Crippen LogP contribution in [-0.2, 0) is 0 Å². The number of hydrogen-bond donors (Lipinski definition) is 0. The topological polar surface area (TPSA) is 23.1 Å². The Bertz CT molecular complexity index is 196. The molecule has 0 heterocycles. The first-order valence-corrected chi connectivity index (χ1v) is 8.22. The molecular formula is C16H36NaOP. The normalized spacial score (nSPS) is 13.6. The van der Waals surface area contributed by atoms with E-state index in [0.717, 1.165) is 0 Å². The van der Waals surface area contributed by atoms with Crippen molar-refractivity contribution in [2.24, 2.45) is 0 Å². The standard InChI is InChI=1S/C12H27P.C4H9O.Na/c1-10(2,3)13(11(4,5)6)12(7,8)9;1-4(2,3)5;/h1-9H3;1-3H3;/q;-1;+1. The summed E-state index contributed by atoms with van der Waals surface area (Å²) in [6, 6.07) is 0. The fourth-order valence-corrected chi connectivity index (χ4v) is 9.06. The second-order valence-electron chi connectivity index (χ2n) is 8.96. The van der Waals surface area contributed by atoms with E-state index in [4.69, 9.17) is 0 Å². The van der Waals surface area contributed by atoms with Gasteiger partial charge in [0.2, 0.25) is 0 Å². The Morgan fingerprint density at radius 1 is 0.526 bits per heavy atom. The summed E-state index contributed by atoms with van der Waals surface area (Å²) >= 11 is 0. The van der Waals surface area contributed by atoms with Crippen molar-refractivity contribution >= 4 is 7.92 Å². The van der Waals surface area contributed by atoms with E-state index in [-0.39, 0.29) is 37.5 Å². The molecule has 0 saturated carbocycles. The van der Waals surface area contributed by atoms with Crippen molar-refractivity contribution in [3.05, 3.63) is 0 Å². The summed E-state index contributed by atoms with van der Waals surface area (Å²) in [5.41, 5.74) is -0.750. The molecule has 0 rings (SSSR count). The molecule has 0 saturated heterocycles. The quantitative estimate of drug-likeness (QED) is 0.495. The Labute approximate surface area is 146 Å². The van der Waals surface area contributed by atoms with Crippen molar-refractivity contribution in [2.45, 2.75) is 104 Å². The smallest absolute Gasteiger partial charge is 0.850 e. The first-order chi connectivity index (χ1) is 7.37. The predicted octanol–water partition coefficient (Wildman–Crippen LogP) is 2.01. The van der Waals surface area contributed by atoms with Crippen molar-refractivity contribution in [2.75, 3.05) is 0 Å². The first kappa shape index (κ1) is 25.3. The van der Waals surface area contributed by atoms with Gasteiger partial charge in [-0.1, -0.05) is 91.0 Å². The van der Waals surface area contributed by atoms with Crippen LogP contribution in [0.2, 0.25) is 0 Å². The summed E-state index contributed by atoms with van der Waals surface area (Å²) in [5, 5.41) is 11.5. The van der Waals surface area contributed by atoms with Gasteiger partial charge in [-0.15, -0.1) is 5.60 Å². The monoisotopic (exact) mass is 298 g/mol. The average molecular weight is 298 g/mol. The van der Waals surface area contributed by atoms with E-state index >= 15 is 0 Å². The average Bonchev–Trinajstić information content (AvgIpc) is 1.65. The van der Waals surface area contributed by atoms with Gasteiger partial charge in [0.1, 0.15) is 0 Å². The zero-order chi connectivity index (χ0) is 15.6. The van der Waals surface area contributed by atoms with Crippen LogP contribution in [0.15, 0.2) is 0 Å². The molecule has 112 valence electrons. The third-order valence-electron chi connectivity index (χ3n) is 2.01. The summed E-state index contributed by atoms with van der Waals surface area (Å²) in [4.78, 5) is 0. The molecule has 19 heavy (non-hydrogen) atoms. The van der Waals surface area contributed by atoms with Gasteiger partial charge in [0.25, 0.3) is 0 Å². The van der Waals surface area contributed by atoms with Crippen molar-refractivity contribution in [1.82, 2.24) is 0 Å². The molecule has 3 heteroatoms. The summed E-state index contributed by atoms with van der Waals surface area (Å²) in [7, 11) is 0.0162. The maximum Gasteiger partial charge on any atom is 1.00 e. The van der Waals surface area contributed by atoms with Gasteiger partial charge >= 0.3 is 29.6 Å². The number of rotatable bonds is 0. The van der Waals surface area contributed by atoms with E-state index < -0.39 is 5.60 Å². The van der Waals surface area contributed by atoms with Crippen LogP contribution < -0.4 is 34.7 Å². The zero-order valence-electron chi connectivity index (χ0n) is 15.9. The Balaban J connectivity index is -0.000000366. The molecule has 0 fully saturated rings. The summed E-state index contributed by atoms with van der Waals surface area (Å²) in [6.45, 7) is 26.4. The van der Waals surface area contributed by atoms with Crippen molar-refractivity contribution in [3.8, 4) is 0 Å². The SMILES string of the molecule is CC(C)(C)P(C(C)(C)C)C(C)(C)C.CC(C)(C)[O-].[Na+]. The molecule has 0 atom stereocenters. The maximum absolute atomic E-state index is 10.1. The van der Waals surface area contributed by atoms with Gasteiger partial charge in [0.15, 0.2) is 0 Å². The fraction of sp³-hybridized carbons (Fsp3) is 1.00. The van der Waals surface area contributed by atoms with Crippen LogP contribution in [0, 0.1) is 0 Å². The number of hydrogen-bond acceptors (Lipinski definition) is 1. The van der Waals surface area contributed by atoms with Gasteiger partial charge in [0, 0.05) is 0 Å². The van der Waals surface area contributed by atoms with Gasteiger partial charge in [-0.05, 0) is 15.5 Å². The summed E-state index contributed by atoms with van der Waals surface area (Å²) < 4.78 is 0. The Hall–Kier alpha value is 1.39. The Kier molecular flexibility index (Phi) is 10.9. The van der Waals surface area contributed by atoms with Gasteiger partial charge in [-0.2, -0.15) is 0 Å². The first-order valence-electron chi connectivity index (χ1n) is 6.87. The largest absolute Gasteiger partial charge is 1.00 e. The van der Waals surface area contributed by atoms with Crippen LogP contribution >= 0.6 is 7.92 Å². The van der Waals surface area contributed by atoms with Crippen LogP contribution in [0.5, 0.6) is 0 Å². The molecule has 0 radical (unpaired) electrons. The molecular weight excluding hydrogens is 262 g/mol. The molecule has 0 amide bonds. The van der Waals surface area contributed by atoms with Crippen LogP contribution in [0.4, 0.5) is 0 Å². The summed E-state index contributed by atoms with van der Waals surface area (Å²) in [5.74, 6) is 0. The Morgan fingerprint density at radius 3 is 0.632 bits per heavy atom. The maximum atomic E-state index is 10.1. The van der Waals surface area contributed by atoms with E-state index in [1.807, 2.05) is 0 Å². The van der Waals surface area contributed by atoms with Gasteiger partial charge in [0.05, 0.1) is 0 Å². The van der Waals surface area contributed by atoms with Crippen molar-refractivity contribution in [1.29, 1.82) is 0 Å². The molecule has 0 bridgehead atoms. The van der Waals surface area contributed by atoms with Crippen LogP contribution in [-0.4, -0.2) is 21.1 Å². The molecule has 0 aliphatic rings. The second kappa shape index (κ2) is 8.14. The molecule has 0 aromatic heterocycles. The van der Waals surface area contributed by atoms with E-state index in [1.54, 1.807) is 20.8 Å². The van der Waals surface area contributed by atoms with E-state index in [1.165, 1.54) is 0 Å². The van der Waals surface area contributed by atoms with Gasteiger partial charge in [-0.25, -0.2) is 0 Å². The molecule has 0 aliphatic carbocycles. The van der Waals surface area contributed by atoms with E-state index in [9.17, 15) is 5.11 Å². The fourth-order valence-electron chi connectivity index (χ4n) is 3.02. The zero-order valence-corrected chi connectivity index (χ0v) is 18.7. The molecule has 0 aromatic carbocycles. The minimum atomic E-state index is -0.750. The van der Waals surface area contributed by atoms with Crippen LogP contribution in [0.25, 0.3) is 0 Å². The summed E-state index contributed by atoms with van der Waals surface area (Å²) in [6.07, 6.45) is 0. The van der Waals surface area contributed by atoms with Gasteiger partial charge < -0.3 is 5.11 Å². The van der Waals surface area contributed by atoms with Gasteiger partial charge in [-0.3, -0.25) is 0 Å². The van der Waals surface area contributed by atoms with Crippen molar-refractivity contribution < 1.29 is 34.7 Å². The molecule has 0 N–H and O–H groups in total. The molecule has 0 unspecified atom stereocenters. The third-order valence-corrected chi connectivity index (χ3v) is 6.04. The second-order valence-corrected chi connectivity index (χ2v) is 13.7. The molecule has 0 aliphatic heterocycles. The minimum Gasteiger partial charge on any atom is -0.850 e. The molecule has 0 aromatic rings. The third kappa shape index (κ3) is 15.6. The predicted molar refractivity (Wildman–Crippen MR) is 85.9 cm³/mol. The molecule has 0 spiro atoms. The minimum absolute atomic E-state index is 0. The Morgan fingerprint density at radius 2 is 0.632 bits per heavy atom. The van der Waals surface area contributed by atoms with Crippen LogP contribution in [0.1, 0.15) is 83.1 Å².